The van der Waals surface area contributed by atoms with E-state index >= 15 is 0 Å². The third-order valence-electron chi connectivity index (χ3n) is 3.57. The lowest BCUT2D eigenvalue weighted by Gasteiger charge is -2.23. The fraction of sp³-hybridized carbons (Fsp3) is 0.294. The van der Waals surface area contributed by atoms with Crippen molar-refractivity contribution in [1.29, 1.82) is 0 Å². The Bertz CT molecular complexity index is 528. The Kier molecular flexibility index (Phi) is 5.13. The van der Waals surface area contributed by atoms with Crippen LogP contribution in [-0.2, 0) is 0 Å². The van der Waals surface area contributed by atoms with Crippen LogP contribution in [0.15, 0.2) is 54.6 Å². The minimum Gasteiger partial charge on any atom is -0.372 e. The first-order chi connectivity index (χ1) is 9.72. The van der Waals surface area contributed by atoms with Crippen molar-refractivity contribution in [2.75, 3.05) is 25.5 Å². The number of para-hydroxylation sites is 1. The topological polar surface area (TPSA) is 15.3 Å². The van der Waals surface area contributed by atoms with Crippen LogP contribution in [0.25, 0.3) is 0 Å². The van der Waals surface area contributed by atoms with Gasteiger partial charge in [0.05, 0.1) is 5.69 Å². The van der Waals surface area contributed by atoms with Crippen molar-refractivity contribution in [3.05, 3.63) is 66.0 Å². The molecule has 2 aromatic rings. The Hall–Kier alpha value is -1.87. The summed E-state index contributed by atoms with van der Waals surface area (Å²) in [7, 11) is 3.89. The van der Waals surface area contributed by atoms with Gasteiger partial charge in [-0.05, 0) is 31.2 Å². The summed E-state index contributed by atoms with van der Waals surface area (Å²) in [6.45, 7) is 0.793. The van der Waals surface area contributed by atoms with E-state index in [0.29, 0.717) is 5.69 Å². The Morgan fingerprint density at radius 1 is 1.05 bits per heavy atom. The normalized spacial score (nSPS) is 12.2. The maximum absolute atomic E-state index is 13.7. The van der Waals surface area contributed by atoms with Gasteiger partial charge in [-0.15, -0.1) is 0 Å². The van der Waals surface area contributed by atoms with Crippen molar-refractivity contribution in [2.45, 2.75) is 12.5 Å². The maximum Gasteiger partial charge on any atom is 0.146 e. The summed E-state index contributed by atoms with van der Waals surface area (Å²) >= 11 is 0. The van der Waals surface area contributed by atoms with Crippen LogP contribution in [0.3, 0.4) is 0 Å². The largest absolute Gasteiger partial charge is 0.372 e. The lowest BCUT2D eigenvalue weighted by atomic mass is 10.0. The molecule has 0 aromatic heterocycles. The highest BCUT2D eigenvalue weighted by Crippen LogP contribution is 2.20. The van der Waals surface area contributed by atoms with E-state index in [2.05, 4.69) is 17.4 Å². The zero-order valence-electron chi connectivity index (χ0n) is 12.0. The Labute approximate surface area is 120 Å². The van der Waals surface area contributed by atoms with Gasteiger partial charge in [-0.3, -0.25) is 0 Å². The molecule has 2 nitrogen and oxygen atoms in total. The molecule has 0 saturated carbocycles. The summed E-state index contributed by atoms with van der Waals surface area (Å²) in [4.78, 5) is 1.96. The van der Waals surface area contributed by atoms with Crippen molar-refractivity contribution >= 4 is 5.69 Å². The third-order valence-corrected chi connectivity index (χ3v) is 3.57. The molecule has 0 aliphatic rings. The highest BCUT2D eigenvalue weighted by atomic mass is 19.1. The molecule has 2 rings (SSSR count). The molecule has 0 amide bonds. The van der Waals surface area contributed by atoms with Crippen molar-refractivity contribution in [2.24, 2.45) is 0 Å². The molecule has 0 radical (unpaired) electrons. The second kappa shape index (κ2) is 7.06. The maximum atomic E-state index is 13.7. The van der Waals surface area contributed by atoms with Gasteiger partial charge in [0.1, 0.15) is 5.82 Å². The van der Waals surface area contributed by atoms with Crippen molar-refractivity contribution in [3.63, 3.8) is 0 Å². The van der Waals surface area contributed by atoms with Crippen LogP contribution in [-0.4, -0.2) is 20.6 Å². The highest BCUT2D eigenvalue weighted by molar-refractivity contribution is 5.46. The van der Waals surface area contributed by atoms with Gasteiger partial charge in [-0.25, -0.2) is 4.39 Å². The molecular formula is C17H21FN2. The summed E-state index contributed by atoms with van der Waals surface area (Å²) < 4.78 is 13.7. The standard InChI is InChI=1S/C17H21FN2/c1-19-16(14-8-4-3-5-9-14)12-13-20(2)17-11-7-6-10-15(17)18/h3-11,16,19H,12-13H2,1-2H3. The van der Waals surface area contributed by atoms with E-state index in [4.69, 9.17) is 0 Å². The highest BCUT2D eigenvalue weighted by Gasteiger charge is 2.11. The molecule has 3 heteroatoms. The minimum absolute atomic E-state index is 0.171. The zero-order chi connectivity index (χ0) is 14.4. The fourth-order valence-electron chi connectivity index (χ4n) is 2.37. The molecule has 106 valence electrons. The molecule has 2 aromatic carbocycles. The van der Waals surface area contributed by atoms with Crippen LogP contribution in [0, 0.1) is 5.82 Å². The van der Waals surface area contributed by atoms with Crippen LogP contribution >= 0.6 is 0 Å². The third kappa shape index (κ3) is 3.58. The van der Waals surface area contributed by atoms with Crippen LogP contribution in [0.5, 0.6) is 0 Å². The lowest BCUT2D eigenvalue weighted by Crippen LogP contribution is -2.25. The summed E-state index contributed by atoms with van der Waals surface area (Å²) in [5, 5.41) is 3.32. The lowest BCUT2D eigenvalue weighted by molar-refractivity contribution is 0.545. The van der Waals surface area contributed by atoms with E-state index in [0.717, 1.165) is 13.0 Å². The van der Waals surface area contributed by atoms with E-state index in [1.165, 1.54) is 11.6 Å². The molecule has 0 spiro atoms. The van der Waals surface area contributed by atoms with Crippen LogP contribution in [0.2, 0.25) is 0 Å². The number of halogens is 1. The average molecular weight is 272 g/mol. The van der Waals surface area contributed by atoms with Gasteiger partial charge in [0.25, 0.3) is 0 Å². The summed E-state index contributed by atoms with van der Waals surface area (Å²) in [6.07, 6.45) is 0.922. The van der Waals surface area contributed by atoms with E-state index in [1.54, 1.807) is 6.07 Å². The minimum atomic E-state index is -0.171. The van der Waals surface area contributed by atoms with Gasteiger partial charge in [-0.1, -0.05) is 42.5 Å². The molecule has 0 fully saturated rings. The summed E-state index contributed by atoms with van der Waals surface area (Å²) in [5.74, 6) is -0.171. The predicted molar refractivity (Wildman–Crippen MR) is 82.5 cm³/mol. The molecule has 20 heavy (non-hydrogen) atoms. The smallest absolute Gasteiger partial charge is 0.146 e. The van der Waals surface area contributed by atoms with Crippen molar-refractivity contribution < 1.29 is 4.39 Å². The molecule has 0 heterocycles. The van der Waals surface area contributed by atoms with E-state index < -0.39 is 0 Å². The number of hydrogen-bond acceptors (Lipinski definition) is 2. The predicted octanol–water partition coefficient (Wildman–Crippen LogP) is 3.61. The molecule has 1 N–H and O–H groups in total. The first-order valence-corrected chi connectivity index (χ1v) is 6.90. The number of benzene rings is 2. The first-order valence-electron chi connectivity index (χ1n) is 6.90. The Morgan fingerprint density at radius 2 is 1.70 bits per heavy atom. The molecular weight excluding hydrogens is 251 g/mol. The molecule has 1 atom stereocenters. The quantitative estimate of drug-likeness (QED) is 0.864. The zero-order valence-corrected chi connectivity index (χ0v) is 12.0. The number of nitrogens with one attached hydrogen (secondary N) is 1. The fourth-order valence-corrected chi connectivity index (χ4v) is 2.37. The molecule has 1 unspecified atom stereocenters. The average Bonchev–Trinajstić information content (AvgIpc) is 2.49. The Balaban J connectivity index is 1.99. The molecule has 0 aliphatic heterocycles. The van der Waals surface area contributed by atoms with Gasteiger partial charge in [0.15, 0.2) is 0 Å². The summed E-state index contributed by atoms with van der Waals surface area (Å²) in [5.41, 5.74) is 1.91. The Morgan fingerprint density at radius 3 is 2.35 bits per heavy atom. The molecule has 0 aliphatic carbocycles. The van der Waals surface area contributed by atoms with E-state index in [9.17, 15) is 4.39 Å². The van der Waals surface area contributed by atoms with Gasteiger partial charge in [0, 0.05) is 19.6 Å². The van der Waals surface area contributed by atoms with Crippen LogP contribution in [0.4, 0.5) is 10.1 Å². The van der Waals surface area contributed by atoms with Gasteiger partial charge in [-0.2, -0.15) is 0 Å². The second-order valence-corrected chi connectivity index (χ2v) is 4.91. The number of hydrogen-bond donors (Lipinski definition) is 1. The van der Waals surface area contributed by atoms with Crippen molar-refractivity contribution in [3.8, 4) is 0 Å². The van der Waals surface area contributed by atoms with E-state index in [-0.39, 0.29) is 11.9 Å². The van der Waals surface area contributed by atoms with E-state index in [1.807, 2.05) is 49.3 Å². The van der Waals surface area contributed by atoms with Gasteiger partial charge in [0.2, 0.25) is 0 Å². The molecule has 0 saturated heterocycles. The first kappa shape index (κ1) is 14.5. The second-order valence-electron chi connectivity index (χ2n) is 4.91. The van der Waals surface area contributed by atoms with Gasteiger partial charge < -0.3 is 10.2 Å². The molecule has 0 bridgehead atoms. The summed E-state index contributed by atoms with van der Waals surface area (Å²) in [6, 6.07) is 17.5. The number of rotatable bonds is 6. The van der Waals surface area contributed by atoms with Crippen LogP contribution < -0.4 is 10.2 Å². The van der Waals surface area contributed by atoms with Crippen molar-refractivity contribution in [1.82, 2.24) is 5.32 Å². The van der Waals surface area contributed by atoms with Crippen LogP contribution in [0.1, 0.15) is 18.0 Å². The SMILES string of the molecule is CNC(CCN(C)c1ccccc1F)c1ccccc1. The monoisotopic (exact) mass is 272 g/mol. The number of anilines is 1. The van der Waals surface area contributed by atoms with Gasteiger partial charge >= 0.3 is 0 Å². The number of nitrogens with zero attached hydrogens (tertiary/aromatic N) is 1.